The first-order valence-electron chi connectivity index (χ1n) is 7.16. The number of ether oxygens (including phenoxy) is 1. The summed E-state index contributed by atoms with van der Waals surface area (Å²) in [6.07, 6.45) is 2.01. The molecule has 21 heavy (non-hydrogen) atoms. The lowest BCUT2D eigenvalue weighted by molar-refractivity contribution is 0.452. The maximum Gasteiger partial charge on any atom is 0.242 e. The predicted molar refractivity (Wildman–Crippen MR) is 83.7 cm³/mol. The second kappa shape index (κ2) is 5.97. The van der Waals surface area contributed by atoms with Gasteiger partial charge in [0.2, 0.25) is 5.88 Å². The van der Waals surface area contributed by atoms with E-state index in [2.05, 4.69) is 28.5 Å². The molecule has 0 aliphatic heterocycles. The second-order valence-corrected chi connectivity index (χ2v) is 5.24. The molecule has 4 nitrogen and oxygen atoms in total. The standard InChI is InChI=1S/C17H19N3O/c1-13(2)18-12-15-17(21-14-8-4-3-5-9-14)19-16-10-6-7-11-20(15)16/h3-11,13,18H,12H2,1-2H3. The Kier molecular flexibility index (Phi) is 3.88. The summed E-state index contributed by atoms with van der Waals surface area (Å²) >= 11 is 0. The third-order valence-corrected chi connectivity index (χ3v) is 3.23. The van der Waals surface area contributed by atoms with E-state index in [1.54, 1.807) is 0 Å². The van der Waals surface area contributed by atoms with E-state index in [1.165, 1.54) is 0 Å². The summed E-state index contributed by atoms with van der Waals surface area (Å²) in [7, 11) is 0. The van der Waals surface area contributed by atoms with E-state index in [1.807, 2.05) is 54.7 Å². The summed E-state index contributed by atoms with van der Waals surface area (Å²) < 4.78 is 8.02. The number of hydrogen-bond acceptors (Lipinski definition) is 3. The minimum absolute atomic E-state index is 0.406. The van der Waals surface area contributed by atoms with Gasteiger partial charge in [0.25, 0.3) is 0 Å². The van der Waals surface area contributed by atoms with Gasteiger partial charge in [-0.05, 0) is 24.3 Å². The first-order chi connectivity index (χ1) is 10.2. The van der Waals surface area contributed by atoms with Crippen LogP contribution in [0.25, 0.3) is 5.65 Å². The molecule has 0 unspecified atom stereocenters. The van der Waals surface area contributed by atoms with Crippen LogP contribution in [-0.4, -0.2) is 15.4 Å². The zero-order chi connectivity index (χ0) is 14.7. The number of imidazole rings is 1. The SMILES string of the molecule is CC(C)NCc1c(Oc2ccccc2)nc2ccccn12. The monoisotopic (exact) mass is 281 g/mol. The smallest absolute Gasteiger partial charge is 0.242 e. The minimum atomic E-state index is 0.406. The van der Waals surface area contributed by atoms with Crippen LogP contribution < -0.4 is 10.1 Å². The van der Waals surface area contributed by atoms with Crippen molar-refractivity contribution in [2.24, 2.45) is 0 Å². The molecule has 0 radical (unpaired) electrons. The molecule has 0 saturated carbocycles. The highest BCUT2D eigenvalue weighted by atomic mass is 16.5. The Morgan fingerprint density at radius 1 is 1.10 bits per heavy atom. The molecular formula is C17H19N3O. The van der Waals surface area contributed by atoms with Gasteiger partial charge in [0, 0.05) is 18.8 Å². The lowest BCUT2D eigenvalue weighted by Gasteiger charge is -2.10. The molecule has 108 valence electrons. The first kappa shape index (κ1) is 13.6. The van der Waals surface area contributed by atoms with Gasteiger partial charge in [0.1, 0.15) is 17.1 Å². The lowest BCUT2D eigenvalue weighted by atomic mass is 10.3. The van der Waals surface area contributed by atoms with E-state index in [4.69, 9.17) is 4.74 Å². The van der Waals surface area contributed by atoms with E-state index in [0.29, 0.717) is 18.5 Å². The largest absolute Gasteiger partial charge is 0.437 e. The van der Waals surface area contributed by atoms with Gasteiger partial charge in [-0.3, -0.25) is 4.40 Å². The van der Waals surface area contributed by atoms with Crippen LogP contribution in [0, 0.1) is 0 Å². The lowest BCUT2D eigenvalue weighted by Crippen LogP contribution is -2.22. The van der Waals surface area contributed by atoms with Crippen LogP contribution in [0.1, 0.15) is 19.5 Å². The molecule has 0 fully saturated rings. The molecule has 0 bridgehead atoms. The molecule has 0 aliphatic rings. The van der Waals surface area contributed by atoms with Crippen LogP contribution in [0.5, 0.6) is 11.6 Å². The molecule has 0 saturated heterocycles. The minimum Gasteiger partial charge on any atom is -0.437 e. The number of para-hydroxylation sites is 1. The number of nitrogens with one attached hydrogen (secondary N) is 1. The third-order valence-electron chi connectivity index (χ3n) is 3.23. The number of nitrogens with zero attached hydrogens (tertiary/aromatic N) is 2. The molecule has 0 atom stereocenters. The van der Waals surface area contributed by atoms with Crippen molar-refractivity contribution >= 4 is 5.65 Å². The molecule has 2 heterocycles. The summed E-state index contributed by atoms with van der Waals surface area (Å²) in [6.45, 7) is 4.97. The van der Waals surface area contributed by atoms with Crippen molar-refractivity contribution in [1.82, 2.24) is 14.7 Å². The molecule has 1 aromatic carbocycles. The van der Waals surface area contributed by atoms with Gasteiger partial charge >= 0.3 is 0 Å². The Morgan fingerprint density at radius 3 is 2.62 bits per heavy atom. The third kappa shape index (κ3) is 3.06. The molecule has 0 aliphatic carbocycles. The quantitative estimate of drug-likeness (QED) is 0.776. The maximum atomic E-state index is 5.95. The van der Waals surface area contributed by atoms with E-state index >= 15 is 0 Å². The summed E-state index contributed by atoms with van der Waals surface area (Å²) in [5, 5.41) is 3.43. The summed E-state index contributed by atoms with van der Waals surface area (Å²) in [4.78, 5) is 4.59. The predicted octanol–water partition coefficient (Wildman–Crippen LogP) is 3.62. The fourth-order valence-corrected chi connectivity index (χ4v) is 2.17. The second-order valence-electron chi connectivity index (χ2n) is 5.24. The number of fused-ring (bicyclic) bond motifs is 1. The van der Waals surface area contributed by atoms with Gasteiger partial charge in [-0.1, -0.05) is 38.1 Å². The van der Waals surface area contributed by atoms with Gasteiger partial charge < -0.3 is 10.1 Å². The fourth-order valence-electron chi connectivity index (χ4n) is 2.17. The summed E-state index contributed by atoms with van der Waals surface area (Å²) in [5.41, 5.74) is 1.92. The van der Waals surface area contributed by atoms with Gasteiger partial charge in [0.15, 0.2) is 0 Å². The van der Waals surface area contributed by atoms with E-state index in [9.17, 15) is 0 Å². The average Bonchev–Trinajstić information content (AvgIpc) is 2.83. The van der Waals surface area contributed by atoms with Gasteiger partial charge in [-0.25, -0.2) is 0 Å². The fraction of sp³-hybridized carbons (Fsp3) is 0.235. The van der Waals surface area contributed by atoms with Crippen LogP contribution in [0.15, 0.2) is 54.7 Å². The van der Waals surface area contributed by atoms with Crippen molar-refractivity contribution in [1.29, 1.82) is 0 Å². The zero-order valence-corrected chi connectivity index (χ0v) is 12.3. The van der Waals surface area contributed by atoms with Gasteiger partial charge in [-0.15, -0.1) is 0 Å². The number of hydrogen-bond donors (Lipinski definition) is 1. The zero-order valence-electron chi connectivity index (χ0n) is 12.3. The van der Waals surface area contributed by atoms with Gasteiger partial charge in [-0.2, -0.15) is 4.98 Å². The Bertz CT molecular complexity index is 719. The molecule has 1 N–H and O–H groups in total. The van der Waals surface area contributed by atoms with E-state index < -0.39 is 0 Å². The normalized spacial score (nSPS) is 11.2. The van der Waals surface area contributed by atoms with Crippen molar-refractivity contribution in [3.8, 4) is 11.6 Å². The Balaban J connectivity index is 1.97. The van der Waals surface area contributed by atoms with Crippen LogP contribution in [0.3, 0.4) is 0 Å². The van der Waals surface area contributed by atoms with Crippen LogP contribution in [0.4, 0.5) is 0 Å². The summed E-state index contributed by atoms with van der Waals surface area (Å²) in [6, 6.07) is 16.1. The summed E-state index contributed by atoms with van der Waals surface area (Å²) in [5.74, 6) is 1.45. The molecule has 2 aromatic heterocycles. The maximum absolute atomic E-state index is 5.95. The number of rotatable bonds is 5. The van der Waals surface area contributed by atoms with Crippen molar-refractivity contribution in [2.45, 2.75) is 26.4 Å². The molecular weight excluding hydrogens is 262 g/mol. The van der Waals surface area contributed by atoms with Gasteiger partial charge in [0.05, 0.1) is 0 Å². The highest BCUT2D eigenvalue weighted by molar-refractivity contribution is 5.46. The van der Waals surface area contributed by atoms with Crippen molar-refractivity contribution in [3.63, 3.8) is 0 Å². The molecule has 4 heteroatoms. The highest BCUT2D eigenvalue weighted by Crippen LogP contribution is 2.25. The van der Waals surface area contributed by atoms with Crippen LogP contribution in [0.2, 0.25) is 0 Å². The van der Waals surface area contributed by atoms with Crippen molar-refractivity contribution in [2.75, 3.05) is 0 Å². The van der Waals surface area contributed by atoms with Crippen LogP contribution >= 0.6 is 0 Å². The molecule has 0 spiro atoms. The van der Waals surface area contributed by atoms with Crippen molar-refractivity contribution < 1.29 is 4.74 Å². The Labute approximate surface area is 124 Å². The average molecular weight is 281 g/mol. The molecule has 3 rings (SSSR count). The van der Waals surface area contributed by atoms with Crippen LogP contribution in [-0.2, 0) is 6.54 Å². The number of pyridine rings is 1. The van der Waals surface area contributed by atoms with E-state index in [0.717, 1.165) is 17.1 Å². The topological polar surface area (TPSA) is 38.6 Å². The highest BCUT2D eigenvalue weighted by Gasteiger charge is 2.14. The molecule has 3 aromatic rings. The Morgan fingerprint density at radius 2 is 1.86 bits per heavy atom. The van der Waals surface area contributed by atoms with E-state index in [-0.39, 0.29) is 0 Å². The molecule has 0 amide bonds. The Hall–Kier alpha value is -2.33. The number of benzene rings is 1. The number of aromatic nitrogens is 2. The first-order valence-corrected chi connectivity index (χ1v) is 7.16. The van der Waals surface area contributed by atoms with Crippen molar-refractivity contribution in [3.05, 3.63) is 60.4 Å².